The molecule has 0 heterocycles. The molecule has 17 heavy (non-hydrogen) atoms. The van der Waals surface area contributed by atoms with Crippen LogP contribution in [-0.4, -0.2) is 22.2 Å². The summed E-state index contributed by atoms with van der Waals surface area (Å²) in [4.78, 5) is 22.5. The van der Waals surface area contributed by atoms with Crippen LogP contribution in [0.2, 0.25) is 0 Å². The SMILES string of the molecule is CC(C)C(C(=O)O)=C(C(=O)O)C1CCCCC1. The van der Waals surface area contributed by atoms with Crippen molar-refractivity contribution < 1.29 is 19.8 Å². The van der Waals surface area contributed by atoms with Gasteiger partial charge in [0.25, 0.3) is 0 Å². The van der Waals surface area contributed by atoms with Crippen molar-refractivity contribution in [3.63, 3.8) is 0 Å². The van der Waals surface area contributed by atoms with Crippen LogP contribution in [0.15, 0.2) is 11.1 Å². The third kappa shape index (κ3) is 3.32. The van der Waals surface area contributed by atoms with E-state index in [2.05, 4.69) is 0 Å². The molecule has 0 spiro atoms. The highest BCUT2D eigenvalue weighted by Crippen LogP contribution is 2.33. The Kier molecular flexibility index (Phi) is 4.73. The fourth-order valence-electron chi connectivity index (χ4n) is 2.57. The van der Waals surface area contributed by atoms with E-state index in [1.165, 1.54) is 0 Å². The third-order valence-corrected chi connectivity index (χ3v) is 3.34. The highest BCUT2D eigenvalue weighted by atomic mass is 16.4. The highest BCUT2D eigenvalue weighted by molar-refractivity contribution is 5.99. The van der Waals surface area contributed by atoms with E-state index in [0.29, 0.717) is 0 Å². The molecule has 1 rings (SSSR count). The molecule has 0 aromatic rings. The van der Waals surface area contributed by atoms with Crippen molar-refractivity contribution in [3.8, 4) is 0 Å². The van der Waals surface area contributed by atoms with Crippen LogP contribution in [0.3, 0.4) is 0 Å². The normalized spacial score (nSPS) is 19.0. The fourth-order valence-corrected chi connectivity index (χ4v) is 2.57. The van der Waals surface area contributed by atoms with E-state index < -0.39 is 11.9 Å². The largest absolute Gasteiger partial charge is 0.478 e. The summed E-state index contributed by atoms with van der Waals surface area (Å²) >= 11 is 0. The van der Waals surface area contributed by atoms with Gasteiger partial charge in [-0.15, -0.1) is 0 Å². The zero-order chi connectivity index (χ0) is 13.0. The molecule has 1 aliphatic carbocycles. The summed E-state index contributed by atoms with van der Waals surface area (Å²) in [5.74, 6) is -2.51. The minimum Gasteiger partial charge on any atom is -0.478 e. The summed E-state index contributed by atoms with van der Waals surface area (Å²) in [7, 11) is 0. The second-order valence-electron chi connectivity index (χ2n) is 4.93. The van der Waals surface area contributed by atoms with Gasteiger partial charge in [0.05, 0.1) is 11.1 Å². The molecule has 1 fully saturated rings. The molecule has 0 unspecified atom stereocenters. The van der Waals surface area contributed by atoms with E-state index in [1.807, 2.05) is 0 Å². The summed E-state index contributed by atoms with van der Waals surface area (Å²) in [5, 5.41) is 18.4. The van der Waals surface area contributed by atoms with Gasteiger partial charge in [-0.2, -0.15) is 0 Å². The molecule has 0 aromatic heterocycles. The number of carboxylic acid groups (broad SMARTS) is 2. The van der Waals surface area contributed by atoms with Gasteiger partial charge in [0.2, 0.25) is 0 Å². The monoisotopic (exact) mass is 240 g/mol. The first kappa shape index (κ1) is 13.7. The van der Waals surface area contributed by atoms with Crippen LogP contribution in [-0.2, 0) is 9.59 Å². The quantitative estimate of drug-likeness (QED) is 0.741. The lowest BCUT2D eigenvalue weighted by Crippen LogP contribution is -2.23. The van der Waals surface area contributed by atoms with Crippen LogP contribution >= 0.6 is 0 Å². The van der Waals surface area contributed by atoms with Crippen molar-refractivity contribution in [2.45, 2.75) is 46.0 Å². The lowest BCUT2D eigenvalue weighted by molar-refractivity contribution is -0.137. The van der Waals surface area contributed by atoms with E-state index in [1.54, 1.807) is 13.8 Å². The average Bonchev–Trinajstić information content (AvgIpc) is 2.25. The maximum atomic E-state index is 11.3. The zero-order valence-corrected chi connectivity index (χ0v) is 10.4. The molecule has 0 bridgehead atoms. The van der Waals surface area contributed by atoms with Crippen LogP contribution in [0.4, 0.5) is 0 Å². The van der Waals surface area contributed by atoms with Gasteiger partial charge in [0.1, 0.15) is 0 Å². The molecule has 0 atom stereocenters. The molecule has 2 N–H and O–H groups in total. The number of rotatable bonds is 4. The molecular formula is C13H20O4. The Morgan fingerprint density at radius 2 is 1.53 bits per heavy atom. The van der Waals surface area contributed by atoms with Crippen LogP contribution in [0.25, 0.3) is 0 Å². The summed E-state index contributed by atoms with van der Waals surface area (Å²) < 4.78 is 0. The number of carboxylic acids is 2. The Morgan fingerprint density at radius 3 is 1.88 bits per heavy atom. The molecule has 0 amide bonds. The first-order chi connectivity index (χ1) is 7.95. The summed E-state index contributed by atoms with van der Waals surface area (Å²) in [5.41, 5.74) is 0.205. The van der Waals surface area contributed by atoms with Gasteiger partial charge in [0, 0.05) is 0 Å². The lowest BCUT2D eigenvalue weighted by atomic mass is 9.80. The van der Waals surface area contributed by atoms with Crippen molar-refractivity contribution in [1.29, 1.82) is 0 Å². The molecule has 0 saturated heterocycles. The Hall–Kier alpha value is -1.32. The first-order valence-corrected chi connectivity index (χ1v) is 6.15. The molecule has 4 nitrogen and oxygen atoms in total. The molecule has 1 saturated carbocycles. The van der Waals surface area contributed by atoms with Gasteiger partial charge in [-0.3, -0.25) is 0 Å². The highest BCUT2D eigenvalue weighted by Gasteiger charge is 2.30. The van der Waals surface area contributed by atoms with E-state index in [4.69, 9.17) is 0 Å². The van der Waals surface area contributed by atoms with Crippen LogP contribution < -0.4 is 0 Å². The minimum absolute atomic E-state index is 0.0735. The van der Waals surface area contributed by atoms with Crippen molar-refractivity contribution in [1.82, 2.24) is 0 Å². The molecule has 0 radical (unpaired) electrons. The summed E-state index contributed by atoms with van der Waals surface area (Å²) in [6.45, 7) is 3.46. The molecule has 0 aromatic carbocycles. The third-order valence-electron chi connectivity index (χ3n) is 3.34. The molecule has 4 heteroatoms. The molecule has 0 aliphatic heterocycles. The van der Waals surface area contributed by atoms with E-state index in [0.717, 1.165) is 32.1 Å². The smallest absolute Gasteiger partial charge is 0.332 e. The second kappa shape index (κ2) is 5.84. The molecular weight excluding hydrogens is 220 g/mol. The van der Waals surface area contributed by atoms with Gasteiger partial charge in [0.15, 0.2) is 0 Å². The fraction of sp³-hybridized carbons (Fsp3) is 0.692. The Labute approximate surface area is 101 Å². The second-order valence-corrected chi connectivity index (χ2v) is 4.93. The molecule has 1 aliphatic rings. The van der Waals surface area contributed by atoms with Crippen LogP contribution in [0, 0.1) is 11.8 Å². The minimum atomic E-state index is -1.09. The standard InChI is InChI=1S/C13H20O4/c1-8(2)10(12(14)15)11(13(16)17)9-6-4-3-5-7-9/h8-9H,3-7H2,1-2H3,(H,14,15)(H,16,17). The predicted octanol–water partition coefficient (Wildman–Crippen LogP) is 2.69. The predicted molar refractivity (Wildman–Crippen MR) is 63.7 cm³/mol. The van der Waals surface area contributed by atoms with Crippen LogP contribution in [0.5, 0.6) is 0 Å². The number of hydrogen-bond donors (Lipinski definition) is 2. The van der Waals surface area contributed by atoms with Crippen molar-refractivity contribution >= 4 is 11.9 Å². The van der Waals surface area contributed by atoms with Gasteiger partial charge < -0.3 is 10.2 Å². The van der Waals surface area contributed by atoms with Crippen molar-refractivity contribution in [2.75, 3.05) is 0 Å². The Morgan fingerprint density at radius 1 is 1.00 bits per heavy atom. The number of carbonyl (C=O) groups is 2. The van der Waals surface area contributed by atoms with E-state index in [9.17, 15) is 19.8 Å². The van der Waals surface area contributed by atoms with Gasteiger partial charge in [-0.25, -0.2) is 9.59 Å². The summed E-state index contributed by atoms with van der Waals surface area (Å²) in [6, 6.07) is 0. The van der Waals surface area contributed by atoms with Gasteiger partial charge in [-0.05, 0) is 24.7 Å². The summed E-state index contributed by atoms with van der Waals surface area (Å²) in [6.07, 6.45) is 4.70. The maximum Gasteiger partial charge on any atom is 0.332 e. The van der Waals surface area contributed by atoms with E-state index in [-0.39, 0.29) is 23.0 Å². The topological polar surface area (TPSA) is 74.6 Å². The van der Waals surface area contributed by atoms with Gasteiger partial charge >= 0.3 is 11.9 Å². The van der Waals surface area contributed by atoms with Crippen molar-refractivity contribution in [2.24, 2.45) is 11.8 Å². The first-order valence-electron chi connectivity index (χ1n) is 6.15. The zero-order valence-electron chi connectivity index (χ0n) is 10.4. The maximum absolute atomic E-state index is 11.3. The van der Waals surface area contributed by atoms with Gasteiger partial charge in [-0.1, -0.05) is 33.1 Å². The van der Waals surface area contributed by atoms with Crippen molar-refractivity contribution in [3.05, 3.63) is 11.1 Å². The Bertz CT molecular complexity index is 335. The van der Waals surface area contributed by atoms with E-state index >= 15 is 0 Å². The Balaban J connectivity index is 3.15. The average molecular weight is 240 g/mol. The molecule has 96 valence electrons. The number of hydrogen-bond acceptors (Lipinski definition) is 2. The number of aliphatic carboxylic acids is 2. The van der Waals surface area contributed by atoms with Crippen LogP contribution in [0.1, 0.15) is 46.0 Å². The lowest BCUT2D eigenvalue weighted by Gasteiger charge is -2.24.